The first-order valence-corrected chi connectivity index (χ1v) is 7.41. The number of aromatic nitrogens is 3. The molecule has 0 atom stereocenters. The second-order valence-electron chi connectivity index (χ2n) is 6.57. The lowest BCUT2D eigenvalue weighted by Crippen LogP contribution is -2.40. The van der Waals surface area contributed by atoms with E-state index < -0.39 is 11.7 Å². The number of nitrogens with zero attached hydrogens (tertiary/aromatic N) is 4. The molecule has 0 unspecified atom stereocenters. The van der Waals surface area contributed by atoms with Gasteiger partial charge in [-0.25, -0.2) is 14.8 Å². The largest absolute Gasteiger partial charge is 0.443 e. The van der Waals surface area contributed by atoms with Crippen molar-refractivity contribution in [3.8, 4) is 0 Å². The van der Waals surface area contributed by atoms with Crippen LogP contribution in [0.15, 0.2) is 12.4 Å². The number of hydrogen-bond acceptors (Lipinski definition) is 5. The standard InChI is InChI=1S/C15H17BN4O3/c1-15(2,3)23-14(22)20(9-4-5-9)13-12-17-6-10(8-21)19(12)7-11(16)18-13/h6-9H,4-5H2,1-3H3. The van der Waals surface area contributed by atoms with Gasteiger partial charge in [-0.05, 0) is 33.6 Å². The van der Waals surface area contributed by atoms with Gasteiger partial charge in [0.2, 0.25) is 0 Å². The Balaban J connectivity index is 2.10. The van der Waals surface area contributed by atoms with E-state index in [-0.39, 0.29) is 11.6 Å². The molecule has 0 aromatic carbocycles. The van der Waals surface area contributed by atoms with Gasteiger partial charge in [0.15, 0.2) is 17.8 Å². The molecule has 0 bridgehead atoms. The van der Waals surface area contributed by atoms with Crippen LogP contribution in [0.25, 0.3) is 5.65 Å². The van der Waals surface area contributed by atoms with Gasteiger partial charge < -0.3 is 4.74 Å². The molecule has 2 aromatic heterocycles. The zero-order valence-corrected chi connectivity index (χ0v) is 13.3. The van der Waals surface area contributed by atoms with Crippen molar-refractivity contribution in [3.63, 3.8) is 0 Å². The first-order chi connectivity index (χ1) is 10.8. The summed E-state index contributed by atoms with van der Waals surface area (Å²) >= 11 is 0. The molecule has 2 heterocycles. The number of fused-ring (bicyclic) bond motifs is 1. The molecular formula is C15H17BN4O3. The molecule has 3 rings (SSSR count). The van der Waals surface area contributed by atoms with E-state index in [2.05, 4.69) is 9.97 Å². The van der Waals surface area contributed by atoms with Crippen molar-refractivity contribution in [2.45, 2.75) is 45.3 Å². The monoisotopic (exact) mass is 312 g/mol. The lowest BCUT2D eigenvalue weighted by atomic mass is 10.1. The molecule has 1 saturated carbocycles. The van der Waals surface area contributed by atoms with Crippen molar-refractivity contribution in [2.24, 2.45) is 0 Å². The van der Waals surface area contributed by atoms with Crippen molar-refractivity contribution < 1.29 is 14.3 Å². The van der Waals surface area contributed by atoms with E-state index in [1.807, 2.05) is 0 Å². The third kappa shape index (κ3) is 3.06. The number of ether oxygens (including phenoxy) is 1. The normalized spacial score (nSPS) is 14.7. The predicted molar refractivity (Wildman–Crippen MR) is 85.5 cm³/mol. The molecule has 0 N–H and O–H groups in total. The molecule has 1 fully saturated rings. The van der Waals surface area contributed by atoms with Gasteiger partial charge in [0.1, 0.15) is 19.1 Å². The van der Waals surface area contributed by atoms with E-state index in [0.717, 1.165) is 12.8 Å². The highest BCUT2D eigenvalue weighted by molar-refractivity contribution is 6.30. The Hall–Kier alpha value is -2.38. The maximum Gasteiger partial charge on any atom is 0.416 e. The second kappa shape index (κ2) is 5.36. The van der Waals surface area contributed by atoms with E-state index in [1.54, 1.807) is 20.8 Å². The maximum atomic E-state index is 12.6. The quantitative estimate of drug-likeness (QED) is 0.629. The third-order valence-corrected chi connectivity index (χ3v) is 3.37. The van der Waals surface area contributed by atoms with Crippen LogP contribution in [-0.2, 0) is 4.74 Å². The van der Waals surface area contributed by atoms with E-state index >= 15 is 0 Å². The Bertz CT molecular complexity index is 777. The SMILES string of the molecule is [B]c1cn2c(C=O)cnc2c(N(C(=O)OC(C)(C)C)C2CC2)n1. The van der Waals surface area contributed by atoms with E-state index in [9.17, 15) is 9.59 Å². The highest BCUT2D eigenvalue weighted by Crippen LogP contribution is 2.33. The van der Waals surface area contributed by atoms with Gasteiger partial charge in [-0.3, -0.25) is 14.1 Å². The van der Waals surface area contributed by atoms with Crippen LogP contribution in [0, 0.1) is 0 Å². The molecule has 118 valence electrons. The van der Waals surface area contributed by atoms with Gasteiger partial charge >= 0.3 is 6.09 Å². The summed E-state index contributed by atoms with van der Waals surface area (Å²) in [4.78, 5) is 33.7. The molecule has 1 amide bonds. The van der Waals surface area contributed by atoms with Crippen LogP contribution in [0.4, 0.5) is 10.6 Å². The maximum absolute atomic E-state index is 12.6. The molecule has 1 aliphatic rings. The van der Waals surface area contributed by atoms with Crippen molar-refractivity contribution in [1.82, 2.24) is 14.4 Å². The number of rotatable bonds is 3. The van der Waals surface area contributed by atoms with Crippen LogP contribution >= 0.6 is 0 Å². The zero-order valence-electron chi connectivity index (χ0n) is 13.3. The number of imidazole rings is 1. The molecule has 23 heavy (non-hydrogen) atoms. The van der Waals surface area contributed by atoms with E-state index in [4.69, 9.17) is 12.6 Å². The smallest absolute Gasteiger partial charge is 0.416 e. The molecule has 0 spiro atoms. The minimum atomic E-state index is -0.621. The first-order valence-electron chi connectivity index (χ1n) is 7.41. The van der Waals surface area contributed by atoms with Crippen LogP contribution in [0.1, 0.15) is 44.1 Å². The number of carbonyl (C=O) groups excluding carboxylic acids is 2. The average molecular weight is 312 g/mol. The fourth-order valence-electron chi connectivity index (χ4n) is 2.31. The van der Waals surface area contributed by atoms with Crippen molar-refractivity contribution in [3.05, 3.63) is 18.1 Å². The molecule has 0 saturated heterocycles. The van der Waals surface area contributed by atoms with Gasteiger partial charge in [-0.15, -0.1) is 0 Å². The van der Waals surface area contributed by atoms with Crippen LogP contribution in [-0.4, -0.2) is 46.2 Å². The molecule has 2 aromatic rings. The fourth-order valence-corrected chi connectivity index (χ4v) is 2.31. The summed E-state index contributed by atoms with van der Waals surface area (Å²) in [6.45, 7) is 5.41. The molecular weight excluding hydrogens is 295 g/mol. The number of carbonyl (C=O) groups is 2. The Morgan fingerprint density at radius 1 is 1.48 bits per heavy atom. The van der Waals surface area contributed by atoms with E-state index in [0.29, 0.717) is 23.4 Å². The van der Waals surface area contributed by atoms with Crippen LogP contribution < -0.4 is 10.5 Å². The number of hydrogen-bond donors (Lipinski definition) is 0. The van der Waals surface area contributed by atoms with Crippen LogP contribution in [0.3, 0.4) is 0 Å². The van der Waals surface area contributed by atoms with Gasteiger partial charge in [0.25, 0.3) is 0 Å². The summed E-state index contributed by atoms with van der Waals surface area (Å²) in [5, 5.41) is 0. The Morgan fingerprint density at radius 3 is 2.74 bits per heavy atom. The molecule has 7 nitrogen and oxygen atoms in total. The number of anilines is 1. The lowest BCUT2D eigenvalue weighted by Gasteiger charge is -2.27. The molecule has 1 aliphatic carbocycles. The van der Waals surface area contributed by atoms with Crippen molar-refractivity contribution >= 4 is 37.3 Å². The number of amides is 1. The van der Waals surface area contributed by atoms with Gasteiger partial charge in [0, 0.05) is 17.8 Å². The molecule has 0 aliphatic heterocycles. The summed E-state index contributed by atoms with van der Waals surface area (Å²) < 4.78 is 7.01. The topological polar surface area (TPSA) is 76.8 Å². The summed E-state index contributed by atoms with van der Waals surface area (Å²) in [5.41, 5.74) is 0.321. The summed E-state index contributed by atoms with van der Waals surface area (Å²) in [6, 6.07) is 0.0133. The Kier molecular flexibility index (Phi) is 3.62. The molecule has 2 radical (unpaired) electrons. The fraction of sp³-hybridized carbons (Fsp3) is 0.467. The minimum Gasteiger partial charge on any atom is -0.443 e. The highest BCUT2D eigenvalue weighted by Gasteiger charge is 2.38. The predicted octanol–water partition coefficient (Wildman–Crippen LogP) is 1.24. The number of aldehydes is 1. The lowest BCUT2D eigenvalue weighted by molar-refractivity contribution is 0.0577. The third-order valence-electron chi connectivity index (χ3n) is 3.37. The van der Waals surface area contributed by atoms with Gasteiger partial charge in [0.05, 0.1) is 6.20 Å². The van der Waals surface area contributed by atoms with Crippen molar-refractivity contribution in [1.29, 1.82) is 0 Å². The average Bonchev–Trinajstić information content (AvgIpc) is 3.16. The van der Waals surface area contributed by atoms with Gasteiger partial charge in [-0.2, -0.15) is 0 Å². The minimum absolute atomic E-state index is 0.0133. The van der Waals surface area contributed by atoms with Crippen LogP contribution in [0.2, 0.25) is 0 Å². The van der Waals surface area contributed by atoms with Crippen molar-refractivity contribution in [2.75, 3.05) is 4.90 Å². The summed E-state index contributed by atoms with van der Waals surface area (Å²) in [7, 11) is 5.84. The summed E-state index contributed by atoms with van der Waals surface area (Å²) in [5.74, 6) is 0.315. The van der Waals surface area contributed by atoms with Crippen LogP contribution in [0.5, 0.6) is 0 Å². The Labute approximate surface area is 135 Å². The summed E-state index contributed by atoms with van der Waals surface area (Å²) in [6.07, 6.45) is 4.85. The van der Waals surface area contributed by atoms with E-state index in [1.165, 1.54) is 21.7 Å². The van der Waals surface area contributed by atoms with Gasteiger partial charge in [-0.1, -0.05) is 0 Å². The zero-order chi connectivity index (χ0) is 16.8. The first kappa shape index (κ1) is 15.5. The molecule has 8 heteroatoms. The second-order valence-corrected chi connectivity index (χ2v) is 6.57. The Morgan fingerprint density at radius 2 is 2.17 bits per heavy atom. The highest BCUT2D eigenvalue weighted by atomic mass is 16.6.